The normalized spacial score (nSPS) is 10.4. The highest BCUT2D eigenvalue weighted by molar-refractivity contribution is 5.94. The molecule has 0 radical (unpaired) electrons. The van der Waals surface area contributed by atoms with Crippen molar-refractivity contribution in [1.82, 2.24) is 4.98 Å². The first-order valence-electron chi connectivity index (χ1n) is 12.2. The number of ether oxygens (including phenoxy) is 4. The SMILES string of the molecule is CCCCCC(CC)OC(=O)CC.COc1ccnc(C(N)=O)c1OCOC(C)=O.Oc1ccccc1. The van der Waals surface area contributed by atoms with Crippen LogP contribution in [-0.2, 0) is 19.1 Å². The van der Waals surface area contributed by atoms with Crippen molar-refractivity contribution in [2.45, 2.75) is 72.3 Å². The van der Waals surface area contributed by atoms with E-state index in [2.05, 4.69) is 23.6 Å². The smallest absolute Gasteiger partial charge is 0.305 e. The summed E-state index contributed by atoms with van der Waals surface area (Å²) < 4.78 is 19.9. The fraction of sp³-hybridized carbons (Fsp3) is 0.481. The predicted octanol–water partition coefficient (Wildman–Crippen LogP) is 4.78. The van der Waals surface area contributed by atoms with Crippen molar-refractivity contribution in [3.63, 3.8) is 0 Å². The number of aromatic hydroxyl groups is 1. The van der Waals surface area contributed by atoms with Crippen LogP contribution in [0.2, 0.25) is 0 Å². The number of hydrogen-bond donors (Lipinski definition) is 2. The number of carbonyl (C=O) groups is 3. The third kappa shape index (κ3) is 15.7. The molecule has 0 saturated carbocycles. The number of aromatic nitrogens is 1. The van der Waals surface area contributed by atoms with E-state index in [0.717, 1.165) is 12.8 Å². The van der Waals surface area contributed by atoms with Crippen LogP contribution in [0, 0.1) is 0 Å². The minimum atomic E-state index is -0.762. The van der Waals surface area contributed by atoms with E-state index in [9.17, 15) is 14.4 Å². The largest absolute Gasteiger partial charge is 0.508 e. The molecule has 3 N–H and O–H groups in total. The van der Waals surface area contributed by atoms with E-state index >= 15 is 0 Å². The number of esters is 2. The Morgan fingerprint density at radius 3 is 2.19 bits per heavy atom. The molecule has 0 aliphatic rings. The summed E-state index contributed by atoms with van der Waals surface area (Å²) in [6, 6.07) is 10.2. The number of amides is 1. The zero-order valence-corrected chi connectivity index (χ0v) is 22.4. The van der Waals surface area contributed by atoms with Crippen molar-refractivity contribution in [2.75, 3.05) is 13.9 Å². The molecule has 1 amide bonds. The van der Waals surface area contributed by atoms with E-state index in [1.807, 2.05) is 13.0 Å². The number of phenolic OH excluding ortho intramolecular Hbond substituents is 1. The first-order chi connectivity index (χ1) is 17.7. The molecule has 1 atom stereocenters. The maximum absolute atomic E-state index is 11.1. The van der Waals surface area contributed by atoms with Crippen LogP contribution < -0.4 is 15.2 Å². The molecule has 2 rings (SSSR count). The molecule has 10 heteroatoms. The van der Waals surface area contributed by atoms with E-state index in [4.69, 9.17) is 25.1 Å². The van der Waals surface area contributed by atoms with Crippen LogP contribution in [-0.4, -0.2) is 47.9 Å². The van der Waals surface area contributed by atoms with Crippen molar-refractivity contribution in [3.8, 4) is 17.2 Å². The van der Waals surface area contributed by atoms with Gasteiger partial charge in [-0.25, -0.2) is 4.98 Å². The van der Waals surface area contributed by atoms with Gasteiger partial charge >= 0.3 is 11.9 Å². The number of rotatable bonds is 12. The number of nitrogens with zero attached hydrogens (tertiary/aromatic N) is 1. The number of methoxy groups -OCH3 is 1. The van der Waals surface area contributed by atoms with Crippen molar-refractivity contribution in [3.05, 3.63) is 48.3 Å². The van der Waals surface area contributed by atoms with Gasteiger partial charge in [0.05, 0.1) is 7.11 Å². The highest BCUT2D eigenvalue weighted by Crippen LogP contribution is 2.29. The number of carbonyl (C=O) groups excluding carboxylic acids is 3. The number of primary amides is 1. The first-order valence-corrected chi connectivity index (χ1v) is 12.2. The summed E-state index contributed by atoms with van der Waals surface area (Å²) in [4.78, 5) is 36.4. The van der Waals surface area contributed by atoms with Gasteiger partial charge in [0.2, 0.25) is 6.79 Å². The van der Waals surface area contributed by atoms with Gasteiger partial charge < -0.3 is 29.8 Å². The Kier molecular flexibility index (Phi) is 18.3. The molecule has 0 bridgehead atoms. The second-order valence-corrected chi connectivity index (χ2v) is 7.66. The third-order valence-electron chi connectivity index (χ3n) is 4.72. The minimum Gasteiger partial charge on any atom is -0.508 e. The number of nitrogens with two attached hydrogens (primary N) is 1. The van der Waals surface area contributed by atoms with Gasteiger partial charge in [0.1, 0.15) is 11.9 Å². The fourth-order valence-corrected chi connectivity index (χ4v) is 2.74. The van der Waals surface area contributed by atoms with Gasteiger partial charge in [0.25, 0.3) is 5.91 Å². The van der Waals surface area contributed by atoms with Gasteiger partial charge in [0, 0.05) is 25.6 Å². The molecule has 10 nitrogen and oxygen atoms in total. The van der Waals surface area contributed by atoms with Crippen LogP contribution in [0.25, 0.3) is 0 Å². The molecule has 0 saturated heterocycles. The molecule has 1 aromatic heterocycles. The Morgan fingerprint density at radius 2 is 1.73 bits per heavy atom. The lowest BCUT2D eigenvalue weighted by atomic mass is 10.1. The zero-order valence-electron chi connectivity index (χ0n) is 22.4. The zero-order chi connectivity index (χ0) is 28.1. The second kappa shape index (κ2) is 20.4. The fourth-order valence-electron chi connectivity index (χ4n) is 2.74. The summed E-state index contributed by atoms with van der Waals surface area (Å²) in [5.74, 6) is -0.689. The number of phenols is 1. The third-order valence-corrected chi connectivity index (χ3v) is 4.72. The van der Waals surface area contributed by atoms with Gasteiger partial charge in [-0.15, -0.1) is 0 Å². The maximum atomic E-state index is 11.1. The number of benzene rings is 1. The van der Waals surface area contributed by atoms with E-state index in [0.29, 0.717) is 12.2 Å². The molecule has 37 heavy (non-hydrogen) atoms. The molecule has 0 aliphatic heterocycles. The van der Waals surface area contributed by atoms with Crippen molar-refractivity contribution < 1.29 is 38.4 Å². The average molecular weight is 521 g/mol. The lowest BCUT2D eigenvalue weighted by Crippen LogP contribution is -2.17. The molecule has 0 fully saturated rings. The molecule has 0 spiro atoms. The Balaban J connectivity index is 0.000000570. The summed E-state index contributed by atoms with van der Waals surface area (Å²) in [5.41, 5.74) is 5.04. The van der Waals surface area contributed by atoms with Gasteiger partial charge in [-0.1, -0.05) is 51.8 Å². The van der Waals surface area contributed by atoms with Crippen LogP contribution in [0.4, 0.5) is 0 Å². The first kappa shape index (κ1) is 33.2. The maximum Gasteiger partial charge on any atom is 0.305 e. The summed E-state index contributed by atoms with van der Waals surface area (Å²) in [6.45, 7) is 6.97. The van der Waals surface area contributed by atoms with Crippen molar-refractivity contribution >= 4 is 17.8 Å². The van der Waals surface area contributed by atoms with E-state index < -0.39 is 11.9 Å². The molecule has 206 valence electrons. The van der Waals surface area contributed by atoms with Crippen LogP contribution in [0.3, 0.4) is 0 Å². The summed E-state index contributed by atoms with van der Waals surface area (Å²) in [6.07, 6.45) is 7.59. The van der Waals surface area contributed by atoms with Gasteiger partial charge in [-0.3, -0.25) is 14.4 Å². The molecule has 0 aliphatic carbocycles. The Bertz CT molecular complexity index is 922. The lowest BCUT2D eigenvalue weighted by molar-refractivity contribution is -0.149. The van der Waals surface area contributed by atoms with Crippen LogP contribution in [0.1, 0.15) is 76.7 Å². The van der Waals surface area contributed by atoms with E-state index in [-0.39, 0.29) is 36.1 Å². The topological polar surface area (TPSA) is 147 Å². The van der Waals surface area contributed by atoms with E-state index in [1.165, 1.54) is 45.6 Å². The molecule has 1 aromatic carbocycles. The van der Waals surface area contributed by atoms with Gasteiger partial charge in [-0.2, -0.15) is 0 Å². The monoisotopic (exact) mass is 520 g/mol. The predicted molar refractivity (Wildman–Crippen MR) is 139 cm³/mol. The van der Waals surface area contributed by atoms with Gasteiger partial charge in [0.15, 0.2) is 17.2 Å². The molecular weight excluding hydrogens is 480 g/mol. The van der Waals surface area contributed by atoms with Crippen molar-refractivity contribution in [1.29, 1.82) is 0 Å². The summed E-state index contributed by atoms with van der Waals surface area (Å²) in [5, 5.41) is 8.63. The molecular formula is C27H40N2O8. The quantitative estimate of drug-likeness (QED) is 0.229. The Morgan fingerprint density at radius 1 is 1.05 bits per heavy atom. The lowest BCUT2D eigenvalue weighted by Gasteiger charge is -2.15. The number of unbranched alkanes of at least 4 members (excludes halogenated alkanes) is 2. The van der Waals surface area contributed by atoms with Crippen LogP contribution in [0.15, 0.2) is 42.6 Å². The average Bonchev–Trinajstić information content (AvgIpc) is 2.89. The Hall–Kier alpha value is -3.82. The standard InChI is InChI=1S/C11H22O2.C10H12N2O5.C6H6O/c1-4-7-8-9-10(5-2)13-11(12)6-3;1-6(13)16-5-17-9-7(15-2)3-4-12-8(9)10(11)14;7-6-4-2-1-3-5-6/h10H,4-9H2,1-3H3;3-4H,5H2,1-2H3,(H2,11,14);1-5,7H. The Labute approximate surface area is 219 Å². The summed E-state index contributed by atoms with van der Waals surface area (Å²) >= 11 is 0. The second-order valence-electron chi connectivity index (χ2n) is 7.66. The highest BCUT2D eigenvalue weighted by Gasteiger charge is 2.16. The van der Waals surface area contributed by atoms with Gasteiger partial charge in [-0.05, 0) is 31.4 Å². The number of pyridine rings is 1. The highest BCUT2D eigenvalue weighted by atomic mass is 16.7. The van der Waals surface area contributed by atoms with Crippen LogP contribution >= 0.6 is 0 Å². The minimum absolute atomic E-state index is 0.0451. The summed E-state index contributed by atoms with van der Waals surface area (Å²) in [7, 11) is 1.40. The van der Waals surface area contributed by atoms with E-state index in [1.54, 1.807) is 24.3 Å². The van der Waals surface area contributed by atoms with Crippen molar-refractivity contribution in [2.24, 2.45) is 5.73 Å². The molecule has 1 heterocycles. The number of hydrogen-bond acceptors (Lipinski definition) is 9. The molecule has 1 unspecified atom stereocenters. The molecule has 2 aromatic rings. The van der Waals surface area contributed by atoms with Crippen LogP contribution in [0.5, 0.6) is 17.2 Å². The number of para-hydroxylation sites is 1.